The van der Waals surface area contributed by atoms with E-state index in [2.05, 4.69) is 21.2 Å². The molecule has 2 N–H and O–H groups in total. The second-order valence-corrected chi connectivity index (χ2v) is 6.06. The topological polar surface area (TPSA) is 69.6 Å². The van der Waals surface area contributed by atoms with E-state index in [4.69, 9.17) is 16.7 Å². The van der Waals surface area contributed by atoms with Gasteiger partial charge in [-0.15, -0.1) is 0 Å². The van der Waals surface area contributed by atoms with Gasteiger partial charge in [0.2, 0.25) is 0 Å². The number of anilines is 1. The summed E-state index contributed by atoms with van der Waals surface area (Å²) in [5.41, 5.74) is 0.264. The molecule has 1 aliphatic heterocycles. The number of carboxylic acids is 1. The lowest BCUT2D eigenvalue weighted by Gasteiger charge is -2.30. The number of urea groups is 1. The van der Waals surface area contributed by atoms with Crippen molar-refractivity contribution < 1.29 is 19.1 Å². The fourth-order valence-corrected chi connectivity index (χ4v) is 3.11. The molecule has 21 heavy (non-hydrogen) atoms. The van der Waals surface area contributed by atoms with Crippen molar-refractivity contribution in [3.63, 3.8) is 0 Å². The number of carboxylic acid groups (broad SMARTS) is 1. The predicted molar refractivity (Wildman–Crippen MR) is 80.1 cm³/mol. The van der Waals surface area contributed by atoms with Crippen LogP contribution in [0.1, 0.15) is 12.8 Å². The first-order chi connectivity index (χ1) is 9.88. The van der Waals surface area contributed by atoms with Crippen molar-refractivity contribution in [1.29, 1.82) is 0 Å². The number of nitrogens with zero attached hydrogens (tertiary/aromatic N) is 1. The highest BCUT2D eigenvalue weighted by Crippen LogP contribution is 2.32. The van der Waals surface area contributed by atoms with Gasteiger partial charge in [-0.05, 0) is 40.9 Å². The molecule has 1 aromatic carbocycles. The first kappa shape index (κ1) is 16.0. The number of likely N-dealkylation sites (tertiary alicyclic amines) is 1. The van der Waals surface area contributed by atoms with Crippen LogP contribution in [0.25, 0.3) is 0 Å². The van der Waals surface area contributed by atoms with E-state index in [0.29, 0.717) is 23.9 Å². The number of aliphatic carboxylic acids is 1. The molecule has 1 aliphatic rings. The summed E-state index contributed by atoms with van der Waals surface area (Å²) in [6.07, 6.45) is 1.18. The van der Waals surface area contributed by atoms with Crippen LogP contribution in [0, 0.1) is 11.7 Å². The Morgan fingerprint density at radius 2 is 2.19 bits per heavy atom. The Bertz CT molecular complexity index is 562. The van der Waals surface area contributed by atoms with Gasteiger partial charge in [-0.25, -0.2) is 9.18 Å². The molecule has 1 unspecified atom stereocenters. The van der Waals surface area contributed by atoms with E-state index in [0.717, 1.165) is 6.07 Å². The lowest BCUT2D eigenvalue weighted by Crippen LogP contribution is -2.44. The zero-order chi connectivity index (χ0) is 15.6. The molecular weight excluding hydrogens is 367 g/mol. The van der Waals surface area contributed by atoms with E-state index < -0.39 is 23.7 Å². The largest absolute Gasteiger partial charge is 0.481 e. The SMILES string of the molecule is O=C(O)C1CCCN(C(=O)Nc2c(Cl)cc(F)cc2Br)C1. The van der Waals surface area contributed by atoms with Gasteiger partial charge >= 0.3 is 12.0 Å². The maximum absolute atomic E-state index is 13.1. The number of piperidine rings is 1. The molecule has 1 saturated heterocycles. The third-order valence-corrected chi connectivity index (χ3v) is 4.22. The van der Waals surface area contributed by atoms with Gasteiger partial charge in [0.1, 0.15) is 5.82 Å². The number of halogens is 3. The van der Waals surface area contributed by atoms with Gasteiger partial charge < -0.3 is 15.3 Å². The third-order valence-electron chi connectivity index (χ3n) is 3.30. The van der Waals surface area contributed by atoms with Crippen LogP contribution in [0.2, 0.25) is 5.02 Å². The minimum atomic E-state index is -0.909. The van der Waals surface area contributed by atoms with Gasteiger partial charge in [-0.2, -0.15) is 0 Å². The Morgan fingerprint density at radius 1 is 1.48 bits per heavy atom. The van der Waals surface area contributed by atoms with Crippen molar-refractivity contribution in [3.8, 4) is 0 Å². The molecule has 1 atom stereocenters. The van der Waals surface area contributed by atoms with Crippen LogP contribution in [0.15, 0.2) is 16.6 Å². The number of carbonyl (C=O) groups is 2. The van der Waals surface area contributed by atoms with E-state index >= 15 is 0 Å². The number of rotatable bonds is 2. The second kappa shape index (κ2) is 6.62. The summed E-state index contributed by atoms with van der Waals surface area (Å²) in [6.45, 7) is 0.629. The number of benzene rings is 1. The average Bonchev–Trinajstić information content (AvgIpc) is 2.42. The Labute approximate surface area is 134 Å². The van der Waals surface area contributed by atoms with Gasteiger partial charge in [0.25, 0.3) is 0 Å². The quantitative estimate of drug-likeness (QED) is 0.825. The fraction of sp³-hybridized carbons (Fsp3) is 0.385. The van der Waals surface area contributed by atoms with Crippen LogP contribution in [-0.4, -0.2) is 35.1 Å². The highest BCUT2D eigenvalue weighted by molar-refractivity contribution is 9.10. The van der Waals surface area contributed by atoms with E-state index in [-0.39, 0.29) is 17.3 Å². The molecule has 0 bridgehead atoms. The van der Waals surface area contributed by atoms with Crippen molar-refractivity contribution in [2.45, 2.75) is 12.8 Å². The lowest BCUT2D eigenvalue weighted by atomic mass is 9.99. The summed E-state index contributed by atoms with van der Waals surface area (Å²) < 4.78 is 13.5. The number of hydrogen-bond acceptors (Lipinski definition) is 2. The van der Waals surface area contributed by atoms with E-state index in [1.807, 2.05) is 0 Å². The average molecular weight is 380 g/mol. The number of amides is 2. The van der Waals surface area contributed by atoms with Crippen LogP contribution in [0.5, 0.6) is 0 Å². The Kier molecular flexibility index (Phi) is 5.05. The third kappa shape index (κ3) is 3.85. The van der Waals surface area contributed by atoms with Crippen LogP contribution >= 0.6 is 27.5 Å². The second-order valence-electron chi connectivity index (χ2n) is 4.80. The van der Waals surface area contributed by atoms with Crippen molar-refractivity contribution in [1.82, 2.24) is 4.90 Å². The molecule has 0 aliphatic carbocycles. The minimum absolute atomic E-state index is 0.0713. The molecule has 0 saturated carbocycles. The number of hydrogen-bond donors (Lipinski definition) is 2. The van der Waals surface area contributed by atoms with Crippen molar-refractivity contribution in [2.24, 2.45) is 5.92 Å². The molecule has 1 aromatic rings. The number of nitrogens with one attached hydrogen (secondary N) is 1. The molecule has 114 valence electrons. The molecule has 0 aromatic heterocycles. The summed E-state index contributed by atoms with van der Waals surface area (Å²) in [5, 5.41) is 11.7. The first-order valence-electron chi connectivity index (χ1n) is 6.31. The highest BCUT2D eigenvalue weighted by atomic mass is 79.9. The Morgan fingerprint density at radius 3 is 2.81 bits per heavy atom. The summed E-state index contributed by atoms with van der Waals surface area (Å²) in [6, 6.07) is 1.84. The van der Waals surface area contributed by atoms with Crippen LogP contribution in [0.4, 0.5) is 14.9 Å². The van der Waals surface area contributed by atoms with Gasteiger partial charge in [0.15, 0.2) is 0 Å². The Balaban J connectivity index is 2.10. The molecule has 1 fully saturated rings. The van der Waals surface area contributed by atoms with E-state index in [1.54, 1.807) is 0 Å². The maximum atomic E-state index is 13.1. The maximum Gasteiger partial charge on any atom is 0.321 e. The predicted octanol–water partition coefficient (Wildman–Crippen LogP) is 3.57. The molecule has 2 rings (SSSR count). The molecule has 0 radical (unpaired) electrons. The van der Waals surface area contributed by atoms with Gasteiger partial charge in [-0.3, -0.25) is 4.79 Å². The molecule has 0 spiro atoms. The van der Waals surface area contributed by atoms with E-state index in [1.165, 1.54) is 11.0 Å². The zero-order valence-corrected chi connectivity index (χ0v) is 13.2. The van der Waals surface area contributed by atoms with Crippen LogP contribution in [-0.2, 0) is 4.79 Å². The summed E-state index contributed by atoms with van der Waals surface area (Å²) in [7, 11) is 0. The van der Waals surface area contributed by atoms with Crippen LogP contribution in [0.3, 0.4) is 0 Å². The number of carbonyl (C=O) groups excluding carboxylic acids is 1. The van der Waals surface area contributed by atoms with Crippen molar-refractivity contribution in [2.75, 3.05) is 18.4 Å². The fourth-order valence-electron chi connectivity index (χ4n) is 2.21. The highest BCUT2D eigenvalue weighted by Gasteiger charge is 2.28. The van der Waals surface area contributed by atoms with Gasteiger partial charge in [-0.1, -0.05) is 11.6 Å². The monoisotopic (exact) mass is 378 g/mol. The lowest BCUT2D eigenvalue weighted by molar-refractivity contribution is -0.143. The van der Waals surface area contributed by atoms with Crippen LogP contribution < -0.4 is 5.32 Å². The minimum Gasteiger partial charge on any atom is -0.481 e. The molecular formula is C13H13BrClFN2O3. The summed E-state index contributed by atoms with van der Waals surface area (Å²) >= 11 is 9.03. The summed E-state index contributed by atoms with van der Waals surface area (Å²) in [5.74, 6) is -1.99. The van der Waals surface area contributed by atoms with Gasteiger partial charge in [0, 0.05) is 17.6 Å². The smallest absolute Gasteiger partial charge is 0.321 e. The zero-order valence-electron chi connectivity index (χ0n) is 10.9. The molecule has 2 amide bonds. The summed E-state index contributed by atoms with van der Waals surface area (Å²) in [4.78, 5) is 24.6. The molecule has 5 nitrogen and oxygen atoms in total. The van der Waals surface area contributed by atoms with E-state index in [9.17, 15) is 14.0 Å². The molecule has 8 heteroatoms. The normalized spacial score (nSPS) is 18.4. The van der Waals surface area contributed by atoms with Gasteiger partial charge in [0.05, 0.1) is 16.6 Å². The van der Waals surface area contributed by atoms with Crippen molar-refractivity contribution in [3.05, 3.63) is 27.4 Å². The standard InChI is InChI=1S/C13H13BrClFN2O3/c14-9-4-8(16)5-10(15)11(9)17-13(21)18-3-1-2-7(6-18)12(19)20/h4-5,7H,1-3,6H2,(H,17,21)(H,19,20). The Hall–Kier alpha value is -1.34. The first-order valence-corrected chi connectivity index (χ1v) is 7.49. The van der Waals surface area contributed by atoms with Crippen molar-refractivity contribution >= 4 is 45.2 Å². The molecule has 1 heterocycles.